The van der Waals surface area contributed by atoms with Gasteiger partial charge in [0.05, 0.1) is 0 Å². The van der Waals surface area contributed by atoms with E-state index in [4.69, 9.17) is 11.5 Å². The van der Waals surface area contributed by atoms with Gasteiger partial charge in [0.1, 0.15) is 11.5 Å². The summed E-state index contributed by atoms with van der Waals surface area (Å²) in [6.45, 7) is 0.327. The van der Waals surface area contributed by atoms with Gasteiger partial charge in [-0.3, -0.25) is 4.57 Å². The van der Waals surface area contributed by atoms with Crippen LogP contribution in [0.4, 0.5) is 10.6 Å². The summed E-state index contributed by atoms with van der Waals surface area (Å²) in [5.74, 6) is 0.175. The van der Waals surface area contributed by atoms with Crippen molar-refractivity contribution in [3.8, 4) is 0 Å². The number of nitrogen functional groups attached to an aromatic ring is 1. The van der Waals surface area contributed by atoms with E-state index in [0.717, 1.165) is 0 Å². The van der Waals surface area contributed by atoms with Gasteiger partial charge >= 0.3 is 11.7 Å². The van der Waals surface area contributed by atoms with Gasteiger partial charge in [-0.05, 0) is 12.1 Å². The van der Waals surface area contributed by atoms with E-state index in [9.17, 15) is 9.59 Å². The third kappa shape index (κ3) is 2.66. The van der Waals surface area contributed by atoms with E-state index in [1.807, 2.05) is 0 Å². The van der Waals surface area contributed by atoms with Crippen molar-refractivity contribution in [1.29, 1.82) is 0 Å². The molecular weight excluding hydrogens is 236 g/mol. The van der Waals surface area contributed by atoms with Crippen molar-refractivity contribution in [2.75, 3.05) is 5.73 Å². The zero-order valence-electron chi connectivity index (χ0n) is 9.59. The van der Waals surface area contributed by atoms with Gasteiger partial charge in [0.25, 0.3) is 0 Å². The second-order valence-electron chi connectivity index (χ2n) is 4.05. The first-order valence-corrected chi connectivity index (χ1v) is 5.37. The Balaban J connectivity index is 2.07. The Bertz CT molecular complexity index is 552. The van der Waals surface area contributed by atoms with Crippen LogP contribution in [0.3, 0.4) is 0 Å². The summed E-state index contributed by atoms with van der Waals surface area (Å²) in [7, 11) is 0. The molecule has 2 heterocycles. The molecule has 2 amide bonds. The minimum atomic E-state index is -0.969. The fourth-order valence-corrected chi connectivity index (χ4v) is 1.62. The lowest BCUT2D eigenvalue weighted by atomic mass is 10.1. The predicted octanol–water partition coefficient (Wildman–Crippen LogP) is -1.30. The summed E-state index contributed by atoms with van der Waals surface area (Å²) in [5, 5.41) is 5.02. The fraction of sp³-hybridized carbons (Fsp3) is 0.300. The van der Waals surface area contributed by atoms with Gasteiger partial charge in [-0.2, -0.15) is 4.98 Å². The molecule has 96 valence electrons. The normalized spacial score (nSPS) is 22.4. The molecule has 6 N–H and O–H groups in total. The van der Waals surface area contributed by atoms with E-state index in [0.29, 0.717) is 13.0 Å². The van der Waals surface area contributed by atoms with E-state index < -0.39 is 11.4 Å². The number of carbonyl (C=O) groups excluding carboxylic acids is 1. The summed E-state index contributed by atoms with van der Waals surface area (Å²) < 4.78 is 1.38. The number of hydrogen-bond acceptors (Lipinski definition) is 5. The molecule has 1 aliphatic heterocycles. The summed E-state index contributed by atoms with van der Waals surface area (Å²) in [5.41, 5.74) is 9.93. The highest BCUT2D eigenvalue weighted by Crippen LogP contribution is 2.08. The van der Waals surface area contributed by atoms with Gasteiger partial charge in [-0.15, -0.1) is 0 Å². The Labute approximate surface area is 103 Å². The maximum Gasteiger partial charge on any atom is 0.349 e. The van der Waals surface area contributed by atoms with E-state index in [1.165, 1.54) is 16.8 Å². The van der Waals surface area contributed by atoms with E-state index in [1.54, 1.807) is 12.3 Å². The molecule has 0 saturated heterocycles. The summed E-state index contributed by atoms with van der Waals surface area (Å²) in [6.07, 6.45) is 5.01. The summed E-state index contributed by atoms with van der Waals surface area (Å²) in [4.78, 5) is 26.2. The minimum Gasteiger partial charge on any atom is -0.383 e. The van der Waals surface area contributed by atoms with Crippen LogP contribution in [0.2, 0.25) is 0 Å². The molecule has 8 heteroatoms. The first-order chi connectivity index (χ1) is 8.48. The lowest BCUT2D eigenvalue weighted by Gasteiger charge is -2.30. The van der Waals surface area contributed by atoms with Gasteiger partial charge in [0.2, 0.25) is 0 Å². The topological polar surface area (TPSA) is 128 Å². The molecule has 0 radical (unpaired) electrons. The second kappa shape index (κ2) is 4.49. The van der Waals surface area contributed by atoms with Crippen LogP contribution in [0.15, 0.2) is 29.3 Å². The molecule has 1 atom stereocenters. The molecule has 0 saturated carbocycles. The SMILES string of the molecule is Nc1ccn(CCC2(N)C=CNC(=O)N2)c(=O)n1. The Hall–Kier alpha value is -2.35. The lowest BCUT2D eigenvalue weighted by Crippen LogP contribution is -2.59. The van der Waals surface area contributed by atoms with Crippen LogP contribution in [0, 0.1) is 0 Å². The van der Waals surface area contributed by atoms with Crippen LogP contribution in [0.1, 0.15) is 6.42 Å². The van der Waals surface area contributed by atoms with Crippen molar-refractivity contribution in [2.24, 2.45) is 5.73 Å². The van der Waals surface area contributed by atoms with Crippen molar-refractivity contribution in [2.45, 2.75) is 18.6 Å². The van der Waals surface area contributed by atoms with Crippen LogP contribution in [-0.2, 0) is 6.54 Å². The number of nitrogens with two attached hydrogens (primary N) is 2. The number of anilines is 1. The smallest absolute Gasteiger partial charge is 0.349 e. The number of aromatic nitrogens is 2. The first kappa shape index (κ1) is 12.1. The highest BCUT2D eigenvalue weighted by molar-refractivity contribution is 5.77. The molecule has 2 rings (SSSR count). The van der Waals surface area contributed by atoms with E-state index in [2.05, 4.69) is 15.6 Å². The van der Waals surface area contributed by atoms with Crippen LogP contribution in [0.25, 0.3) is 0 Å². The van der Waals surface area contributed by atoms with Crippen LogP contribution < -0.4 is 27.8 Å². The standard InChI is InChI=1S/C10H14N6O2/c11-7-1-5-16(9(18)14-7)6-3-10(12)2-4-13-8(17)15-10/h1-2,4-5H,3,6,12H2,(H2,11,14,18)(H2,13,15,17). The molecule has 1 aliphatic rings. The van der Waals surface area contributed by atoms with Crippen LogP contribution in [-0.4, -0.2) is 21.2 Å². The second-order valence-corrected chi connectivity index (χ2v) is 4.05. The molecule has 0 aromatic carbocycles. The summed E-state index contributed by atoms with van der Waals surface area (Å²) in [6, 6.07) is 1.16. The maximum absolute atomic E-state index is 11.5. The van der Waals surface area contributed by atoms with Crippen molar-refractivity contribution in [1.82, 2.24) is 20.2 Å². The molecule has 0 spiro atoms. The number of carbonyl (C=O) groups is 1. The van der Waals surface area contributed by atoms with Crippen molar-refractivity contribution < 1.29 is 4.79 Å². The third-order valence-corrected chi connectivity index (χ3v) is 2.60. The Morgan fingerprint density at radius 1 is 1.44 bits per heavy atom. The molecule has 8 nitrogen and oxygen atoms in total. The van der Waals surface area contributed by atoms with Gasteiger partial charge in [-0.1, -0.05) is 0 Å². The third-order valence-electron chi connectivity index (χ3n) is 2.60. The van der Waals surface area contributed by atoms with E-state index >= 15 is 0 Å². The Morgan fingerprint density at radius 2 is 2.22 bits per heavy atom. The van der Waals surface area contributed by atoms with Crippen LogP contribution in [0.5, 0.6) is 0 Å². The largest absolute Gasteiger partial charge is 0.383 e. The number of aryl methyl sites for hydroxylation is 1. The van der Waals surface area contributed by atoms with Crippen molar-refractivity contribution in [3.63, 3.8) is 0 Å². The molecule has 0 aliphatic carbocycles. The van der Waals surface area contributed by atoms with Crippen LogP contribution >= 0.6 is 0 Å². The maximum atomic E-state index is 11.5. The lowest BCUT2D eigenvalue weighted by molar-refractivity contribution is 0.229. The highest BCUT2D eigenvalue weighted by Gasteiger charge is 2.26. The quantitative estimate of drug-likeness (QED) is 0.530. The highest BCUT2D eigenvalue weighted by atomic mass is 16.2. The predicted molar refractivity (Wildman–Crippen MR) is 65.3 cm³/mol. The molecule has 0 bridgehead atoms. The number of nitrogens with one attached hydrogen (secondary N) is 2. The van der Waals surface area contributed by atoms with Gasteiger partial charge in [0.15, 0.2) is 0 Å². The molecule has 1 aromatic rings. The zero-order valence-corrected chi connectivity index (χ0v) is 9.59. The van der Waals surface area contributed by atoms with Crippen molar-refractivity contribution >= 4 is 11.8 Å². The number of amides is 2. The number of rotatable bonds is 3. The Morgan fingerprint density at radius 3 is 2.89 bits per heavy atom. The molecule has 1 unspecified atom stereocenters. The average molecular weight is 250 g/mol. The number of urea groups is 1. The van der Waals surface area contributed by atoms with Crippen molar-refractivity contribution in [3.05, 3.63) is 35.0 Å². The molecule has 0 fully saturated rings. The molecule has 1 aromatic heterocycles. The van der Waals surface area contributed by atoms with Gasteiger partial charge in [-0.25, -0.2) is 9.59 Å². The summed E-state index contributed by atoms with van der Waals surface area (Å²) >= 11 is 0. The molecule has 18 heavy (non-hydrogen) atoms. The molecular formula is C10H14N6O2. The zero-order chi connectivity index (χ0) is 13.2. The van der Waals surface area contributed by atoms with E-state index in [-0.39, 0.29) is 11.8 Å². The number of nitrogens with zero attached hydrogens (tertiary/aromatic N) is 2. The average Bonchev–Trinajstić information content (AvgIpc) is 2.27. The first-order valence-electron chi connectivity index (χ1n) is 5.37. The van der Waals surface area contributed by atoms with Gasteiger partial charge in [0, 0.05) is 25.4 Å². The number of hydrogen-bond donors (Lipinski definition) is 4. The Kier molecular flexibility index (Phi) is 3.02. The minimum absolute atomic E-state index is 0.175. The monoisotopic (exact) mass is 250 g/mol. The fourth-order valence-electron chi connectivity index (χ4n) is 1.62. The van der Waals surface area contributed by atoms with Gasteiger partial charge < -0.3 is 22.1 Å².